The van der Waals surface area contributed by atoms with Crippen LogP contribution < -0.4 is 14.8 Å². The van der Waals surface area contributed by atoms with Gasteiger partial charge in [0.25, 0.3) is 15.9 Å². The minimum atomic E-state index is -3.99. The van der Waals surface area contributed by atoms with Crippen molar-refractivity contribution in [1.82, 2.24) is 5.32 Å². The lowest BCUT2D eigenvalue weighted by Gasteiger charge is -2.15. The highest BCUT2D eigenvalue weighted by Gasteiger charge is 2.23. The van der Waals surface area contributed by atoms with Gasteiger partial charge in [-0.25, -0.2) is 13.2 Å². The molecule has 2 aromatic rings. The average Bonchev–Trinajstić information content (AvgIpc) is 2.67. The van der Waals surface area contributed by atoms with Gasteiger partial charge in [-0.1, -0.05) is 18.2 Å². The molecule has 2 N–H and O–H groups in total. The van der Waals surface area contributed by atoms with E-state index in [-0.39, 0.29) is 16.1 Å². The predicted molar refractivity (Wildman–Crippen MR) is 104 cm³/mol. The van der Waals surface area contributed by atoms with Gasteiger partial charge in [0.2, 0.25) is 0 Å². The minimum Gasteiger partial charge on any atom is -0.495 e. The number of anilines is 1. The number of aryl methyl sites for hydroxylation is 1. The molecule has 0 saturated carbocycles. The van der Waals surface area contributed by atoms with E-state index in [1.165, 1.54) is 39.3 Å². The Morgan fingerprint density at radius 2 is 1.79 bits per heavy atom. The summed E-state index contributed by atoms with van der Waals surface area (Å²) < 4.78 is 38.2. The lowest BCUT2D eigenvalue weighted by Crippen LogP contribution is -2.33. The SMILES string of the molecule is CNC(=O)[C@H](C)OC(=O)c1cc(S(=O)(=O)Nc2ccccc2OC)ccc1C. The number of hydrogen-bond acceptors (Lipinski definition) is 6. The molecule has 1 atom stereocenters. The molecular weight excluding hydrogens is 384 g/mol. The van der Waals surface area contributed by atoms with Gasteiger partial charge in [-0.2, -0.15) is 0 Å². The van der Waals surface area contributed by atoms with Crippen LogP contribution in [0.4, 0.5) is 5.69 Å². The number of hydrogen-bond donors (Lipinski definition) is 2. The third-order valence-electron chi connectivity index (χ3n) is 3.99. The highest BCUT2D eigenvalue weighted by molar-refractivity contribution is 7.92. The second-order valence-electron chi connectivity index (χ2n) is 5.94. The summed E-state index contributed by atoms with van der Waals surface area (Å²) in [6, 6.07) is 10.7. The number of rotatable bonds is 7. The van der Waals surface area contributed by atoms with Gasteiger partial charge < -0.3 is 14.8 Å². The molecule has 8 nitrogen and oxygen atoms in total. The first kappa shape index (κ1) is 21.2. The molecule has 1 amide bonds. The number of carbonyl (C=O) groups is 2. The first-order chi connectivity index (χ1) is 13.2. The number of methoxy groups -OCH3 is 1. The average molecular weight is 406 g/mol. The number of sulfonamides is 1. The molecule has 2 aromatic carbocycles. The molecule has 0 heterocycles. The number of esters is 1. The van der Waals surface area contributed by atoms with Crippen LogP contribution in [0, 0.1) is 6.92 Å². The number of carbonyl (C=O) groups excluding carboxylic acids is 2. The van der Waals surface area contributed by atoms with Gasteiger partial charge in [0, 0.05) is 7.05 Å². The third-order valence-corrected chi connectivity index (χ3v) is 5.35. The molecule has 0 saturated heterocycles. The summed E-state index contributed by atoms with van der Waals surface area (Å²) in [4.78, 5) is 23.8. The topological polar surface area (TPSA) is 111 Å². The Morgan fingerprint density at radius 1 is 1.11 bits per heavy atom. The van der Waals surface area contributed by atoms with Crippen molar-refractivity contribution in [3.63, 3.8) is 0 Å². The largest absolute Gasteiger partial charge is 0.495 e. The molecule has 2 rings (SSSR count). The van der Waals surface area contributed by atoms with E-state index in [1.54, 1.807) is 31.2 Å². The van der Waals surface area contributed by atoms with Crippen LogP contribution in [-0.2, 0) is 19.6 Å². The van der Waals surface area contributed by atoms with Gasteiger partial charge >= 0.3 is 5.97 Å². The van der Waals surface area contributed by atoms with E-state index in [1.807, 2.05) is 0 Å². The number of likely N-dealkylation sites (N-methyl/N-ethyl adjacent to an activating group) is 1. The fourth-order valence-electron chi connectivity index (χ4n) is 2.40. The maximum atomic E-state index is 12.7. The molecule has 0 bridgehead atoms. The highest BCUT2D eigenvalue weighted by atomic mass is 32.2. The molecule has 9 heteroatoms. The second kappa shape index (κ2) is 8.75. The van der Waals surface area contributed by atoms with E-state index in [4.69, 9.17) is 9.47 Å². The standard InChI is InChI=1S/C19H22N2O6S/c1-12-9-10-14(11-15(12)19(23)27-13(2)18(22)20-3)28(24,25)21-16-7-5-6-8-17(16)26-4/h5-11,13,21H,1-4H3,(H,20,22)/t13-/m0/s1. The molecule has 150 valence electrons. The van der Waals surface area contributed by atoms with Crippen molar-refractivity contribution in [2.24, 2.45) is 0 Å². The first-order valence-electron chi connectivity index (χ1n) is 8.38. The van der Waals surface area contributed by atoms with Gasteiger partial charge in [0.05, 0.1) is 23.3 Å². The number of nitrogens with one attached hydrogen (secondary N) is 2. The van der Waals surface area contributed by atoms with E-state index in [2.05, 4.69) is 10.0 Å². The molecule has 0 aliphatic rings. The summed E-state index contributed by atoms with van der Waals surface area (Å²) in [7, 11) is -1.13. The van der Waals surface area contributed by atoms with Gasteiger partial charge in [-0.15, -0.1) is 0 Å². The molecule has 0 fully saturated rings. The zero-order valence-electron chi connectivity index (χ0n) is 16.0. The van der Waals surface area contributed by atoms with Crippen LogP contribution in [0.3, 0.4) is 0 Å². The number of para-hydroxylation sites is 2. The van der Waals surface area contributed by atoms with Gasteiger partial charge in [0.15, 0.2) is 6.10 Å². The summed E-state index contributed by atoms with van der Waals surface area (Å²) in [6.07, 6.45) is -1.01. The molecule has 0 radical (unpaired) electrons. The third kappa shape index (κ3) is 4.80. The molecule has 0 aliphatic carbocycles. The van der Waals surface area contributed by atoms with Crippen LogP contribution in [0.2, 0.25) is 0 Å². The lowest BCUT2D eigenvalue weighted by atomic mass is 10.1. The van der Waals surface area contributed by atoms with Crippen molar-refractivity contribution < 1.29 is 27.5 Å². The number of benzene rings is 2. The van der Waals surface area contributed by atoms with Crippen molar-refractivity contribution in [3.05, 3.63) is 53.6 Å². The smallest absolute Gasteiger partial charge is 0.339 e. The maximum Gasteiger partial charge on any atom is 0.339 e. The zero-order chi connectivity index (χ0) is 20.9. The Bertz CT molecular complexity index is 988. The van der Waals surface area contributed by atoms with Crippen molar-refractivity contribution in [2.75, 3.05) is 18.9 Å². The molecular formula is C19H22N2O6S. The Morgan fingerprint density at radius 3 is 2.43 bits per heavy atom. The quantitative estimate of drug-likeness (QED) is 0.681. The Balaban J connectivity index is 2.33. The molecule has 0 unspecified atom stereocenters. The van der Waals surface area contributed by atoms with Gasteiger partial charge in [0.1, 0.15) is 5.75 Å². The fourth-order valence-corrected chi connectivity index (χ4v) is 3.50. The monoisotopic (exact) mass is 406 g/mol. The van der Waals surface area contributed by atoms with E-state index < -0.39 is 28.0 Å². The van der Waals surface area contributed by atoms with Crippen LogP contribution in [0.5, 0.6) is 5.75 Å². The normalized spacial score (nSPS) is 12.0. The zero-order valence-corrected chi connectivity index (χ0v) is 16.8. The van der Waals surface area contributed by atoms with Crippen molar-refractivity contribution in [3.8, 4) is 5.75 Å². The second-order valence-corrected chi connectivity index (χ2v) is 7.63. The Kier molecular flexibility index (Phi) is 6.63. The van der Waals surface area contributed by atoms with E-state index in [0.29, 0.717) is 11.3 Å². The van der Waals surface area contributed by atoms with Gasteiger partial charge in [-0.3, -0.25) is 9.52 Å². The van der Waals surface area contributed by atoms with Crippen molar-refractivity contribution >= 4 is 27.6 Å². The van der Waals surface area contributed by atoms with Crippen molar-refractivity contribution in [2.45, 2.75) is 24.8 Å². The van der Waals surface area contributed by atoms with E-state index >= 15 is 0 Å². The molecule has 0 spiro atoms. The minimum absolute atomic E-state index is 0.0543. The van der Waals surface area contributed by atoms with Crippen LogP contribution in [0.15, 0.2) is 47.4 Å². The molecule has 28 heavy (non-hydrogen) atoms. The lowest BCUT2D eigenvalue weighted by molar-refractivity contribution is -0.128. The van der Waals surface area contributed by atoms with Crippen LogP contribution in [-0.4, -0.2) is 40.6 Å². The summed E-state index contributed by atoms with van der Waals surface area (Å²) in [5.74, 6) is -0.896. The maximum absolute atomic E-state index is 12.7. The van der Waals surface area contributed by atoms with E-state index in [9.17, 15) is 18.0 Å². The van der Waals surface area contributed by atoms with Crippen LogP contribution in [0.25, 0.3) is 0 Å². The highest BCUT2D eigenvalue weighted by Crippen LogP contribution is 2.27. The van der Waals surface area contributed by atoms with Crippen LogP contribution in [0.1, 0.15) is 22.8 Å². The summed E-state index contributed by atoms with van der Waals surface area (Å²) in [5, 5.41) is 2.38. The molecule has 0 aromatic heterocycles. The van der Waals surface area contributed by atoms with Gasteiger partial charge in [-0.05, 0) is 43.7 Å². The summed E-state index contributed by atoms with van der Waals surface area (Å²) in [5.41, 5.74) is 0.840. The van der Waals surface area contributed by atoms with Crippen LogP contribution >= 0.6 is 0 Å². The predicted octanol–water partition coefficient (Wildman–Crippen LogP) is 2.10. The summed E-state index contributed by atoms with van der Waals surface area (Å²) >= 11 is 0. The van der Waals surface area contributed by atoms with Crippen molar-refractivity contribution in [1.29, 1.82) is 0 Å². The number of amides is 1. The summed E-state index contributed by atoms with van der Waals surface area (Å²) in [6.45, 7) is 3.07. The number of ether oxygens (including phenoxy) is 2. The molecule has 0 aliphatic heterocycles. The Hall–Kier alpha value is -3.07. The first-order valence-corrected chi connectivity index (χ1v) is 9.87. The Labute approximate surface area is 163 Å². The van der Waals surface area contributed by atoms with E-state index in [0.717, 1.165) is 0 Å². The fraction of sp³-hybridized carbons (Fsp3) is 0.263.